The Morgan fingerprint density at radius 2 is 2.13 bits per heavy atom. The highest BCUT2D eigenvalue weighted by atomic mass is 35.5. The molecule has 0 bridgehead atoms. The van der Waals surface area contributed by atoms with E-state index in [2.05, 4.69) is 48.1 Å². The molecule has 1 fully saturated rings. The van der Waals surface area contributed by atoms with Gasteiger partial charge in [0.1, 0.15) is 0 Å². The fourth-order valence-corrected chi connectivity index (χ4v) is 3.38. The van der Waals surface area contributed by atoms with Crippen LogP contribution in [0.25, 0.3) is 11.3 Å². The van der Waals surface area contributed by atoms with Crippen LogP contribution in [0.3, 0.4) is 0 Å². The first-order valence-corrected chi connectivity index (χ1v) is 8.10. The molecule has 5 heteroatoms. The zero-order valence-corrected chi connectivity index (χ0v) is 15.0. The van der Waals surface area contributed by atoms with Gasteiger partial charge in [0.05, 0.1) is 5.69 Å². The molecule has 1 aliphatic rings. The summed E-state index contributed by atoms with van der Waals surface area (Å²) in [6, 6.07) is 9.11. The van der Waals surface area contributed by atoms with Crippen molar-refractivity contribution in [3.8, 4) is 11.3 Å². The number of aromatic nitrogens is 2. The summed E-state index contributed by atoms with van der Waals surface area (Å²) in [5, 5.41) is 4.32. The molecular weight excluding hydrogens is 308 g/mol. The first kappa shape index (κ1) is 18.0. The van der Waals surface area contributed by atoms with Crippen molar-refractivity contribution in [1.29, 1.82) is 0 Å². The van der Waals surface area contributed by atoms with Gasteiger partial charge in [0.15, 0.2) is 0 Å². The topological polar surface area (TPSA) is 47.1 Å². The van der Waals surface area contributed by atoms with Crippen molar-refractivity contribution in [2.24, 2.45) is 18.7 Å². The van der Waals surface area contributed by atoms with Crippen molar-refractivity contribution in [3.05, 3.63) is 41.6 Å². The molecule has 2 atom stereocenters. The Labute approximate surface area is 145 Å². The predicted octanol–water partition coefficient (Wildman–Crippen LogP) is 2.99. The molecular formula is C18H27ClN4. The zero-order chi connectivity index (χ0) is 15.7. The SMILES string of the molecule is Cc1ccc(CN2CCC(C(C)N)C2)c(-c2ccnn2C)c1.Cl. The molecule has 2 aromatic rings. The van der Waals surface area contributed by atoms with Crippen molar-refractivity contribution >= 4 is 12.4 Å². The molecule has 1 saturated heterocycles. The van der Waals surface area contributed by atoms with Crippen molar-refractivity contribution in [3.63, 3.8) is 0 Å². The second-order valence-corrected chi connectivity index (χ2v) is 6.64. The van der Waals surface area contributed by atoms with Gasteiger partial charge in [-0.25, -0.2) is 0 Å². The quantitative estimate of drug-likeness (QED) is 0.935. The second kappa shape index (κ2) is 7.47. The number of likely N-dealkylation sites (tertiary alicyclic amines) is 1. The maximum absolute atomic E-state index is 6.06. The third-order valence-corrected chi connectivity index (χ3v) is 4.81. The summed E-state index contributed by atoms with van der Waals surface area (Å²) in [5.74, 6) is 0.630. The molecule has 126 valence electrons. The second-order valence-electron chi connectivity index (χ2n) is 6.64. The molecule has 0 amide bonds. The molecule has 0 aliphatic carbocycles. The number of hydrogen-bond acceptors (Lipinski definition) is 3. The van der Waals surface area contributed by atoms with Gasteiger partial charge in [-0.2, -0.15) is 5.10 Å². The van der Waals surface area contributed by atoms with Crippen LogP contribution in [-0.4, -0.2) is 33.8 Å². The van der Waals surface area contributed by atoms with Gasteiger partial charge in [-0.3, -0.25) is 9.58 Å². The molecule has 0 saturated carbocycles. The smallest absolute Gasteiger partial charge is 0.0682 e. The van der Waals surface area contributed by atoms with Crippen molar-refractivity contribution < 1.29 is 0 Å². The number of rotatable bonds is 4. The van der Waals surface area contributed by atoms with E-state index >= 15 is 0 Å². The van der Waals surface area contributed by atoms with Crippen molar-refractivity contribution in [2.45, 2.75) is 32.9 Å². The van der Waals surface area contributed by atoms with Crippen molar-refractivity contribution in [1.82, 2.24) is 14.7 Å². The number of hydrogen-bond donors (Lipinski definition) is 1. The van der Waals surface area contributed by atoms with Crippen LogP contribution >= 0.6 is 12.4 Å². The van der Waals surface area contributed by atoms with Crippen LogP contribution in [-0.2, 0) is 13.6 Å². The molecule has 23 heavy (non-hydrogen) atoms. The minimum atomic E-state index is 0. The number of nitrogens with two attached hydrogens (primary N) is 1. The van der Waals surface area contributed by atoms with E-state index in [9.17, 15) is 0 Å². The van der Waals surface area contributed by atoms with Crippen LogP contribution in [0.15, 0.2) is 30.5 Å². The van der Waals surface area contributed by atoms with Crippen LogP contribution in [0.4, 0.5) is 0 Å². The lowest BCUT2D eigenvalue weighted by atomic mass is 10.0. The highest BCUT2D eigenvalue weighted by Gasteiger charge is 2.25. The lowest BCUT2D eigenvalue weighted by Crippen LogP contribution is -2.29. The van der Waals surface area contributed by atoms with Crippen LogP contribution < -0.4 is 5.73 Å². The lowest BCUT2D eigenvalue weighted by molar-refractivity contribution is 0.309. The van der Waals surface area contributed by atoms with Gasteiger partial charge in [0.2, 0.25) is 0 Å². The van der Waals surface area contributed by atoms with E-state index in [4.69, 9.17) is 5.73 Å². The van der Waals surface area contributed by atoms with Gasteiger partial charge < -0.3 is 5.73 Å². The highest BCUT2D eigenvalue weighted by molar-refractivity contribution is 5.85. The van der Waals surface area contributed by atoms with Gasteiger partial charge in [0, 0.05) is 37.9 Å². The Hall–Kier alpha value is -1.36. The number of nitrogens with zero attached hydrogens (tertiary/aromatic N) is 3. The molecule has 1 aromatic heterocycles. The molecule has 0 radical (unpaired) electrons. The fraction of sp³-hybridized carbons (Fsp3) is 0.500. The average Bonchev–Trinajstić information content (AvgIpc) is 3.10. The fourth-order valence-electron chi connectivity index (χ4n) is 3.38. The Kier molecular flexibility index (Phi) is 5.84. The van der Waals surface area contributed by atoms with E-state index in [1.54, 1.807) is 0 Å². The Bertz CT molecular complexity index is 650. The Morgan fingerprint density at radius 1 is 1.35 bits per heavy atom. The molecule has 1 aliphatic heterocycles. The third kappa shape index (κ3) is 3.94. The summed E-state index contributed by atoms with van der Waals surface area (Å²) in [6.07, 6.45) is 3.08. The summed E-state index contributed by atoms with van der Waals surface area (Å²) in [4.78, 5) is 2.53. The molecule has 1 aromatic carbocycles. The van der Waals surface area contributed by atoms with Gasteiger partial charge >= 0.3 is 0 Å². The van der Waals surface area contributed by atoms with Crippen LogP contribution in [0.2, 0.25) is 0 Å². The monoisotopic (exact) mass is 334 g/mol. The Balaban J connectivity index is 0.00000192. The minimum absolute atomic E-state index is 0. The van der Waals surface area contributed by atoms with Gasteiger partial charge in [-0.15, -0.1) is 12.4 Å². The maximum atomic E-state index is 6.06. The highest BCUT2D eigenvalue weighted by Crippen LogP contribution is 2.28. The summed E-state index contributed by atoms with van der Waals surface area (Å²) in [6.45, 7) is 7.51. The van der Waals surface area contributed by atoms with E-state index in [0.717, 1.165) is 19.6 Å². The lowest BCUT2D eigenvalue weighted by Gasteiger charge is -2.20. The van der Waals surface area contributed by atoms with Gasteiger partial charge in [0.25, 0.3) is 0 Å². The van der Waals surface area contributed by atoms with Crippen molar-refractivity contribution in [2.75, 3.05) is 13.1 Å². The molecule has 2 unspecified atom stereocenters. The predicted molar refractivity (Wildman–Crippen MR) is 97.7 cm³/mol. The third-order valence-electron chi connectivity index (χ3n) is 4.81. The molecule has 2 N–H and O–H groups in total. The van der Waals surface area contributed by atoms with Crippen LogP contribution in [0.1, 0.15) is 24.5 Å². The summed E-state index contributed by atoms with van der Waals surface area (Å²) >= 11 is 0. The molecule has 3 rings (SSSR count). The standard InChI is InChI=1S/C18H26N4.ClH/c1-13-4-5-16(12-22-9-7-15(11-22)14(2)19)17(10-13)18-6-8-20-21(18)3;/h4-6,8,10,14-15H,7,9,11-12,19H2,1-3H3;1H. The van der Waals surface area contributed by atoms with E-state index < -0.39 is 0 Å². The minimum Gasteiger partial charge on any atom is -0.328 e. The summed E-state index contributed by atoms with van der Waals surface area (Å²) in [7, 11) is 2.00. The number of benzene rings is 1. The van der Waals surface area contributed by atoms with Gasteiger partial charge in [-0.1, -0.05) is 17.7 Å². The largest absolute Gasteiger partial charge is 0.328 e. The van der Waals surface area contributed by atoms with Crippen LogP contribution in [0, 0.1) is 12.8 Å². The normalized spacial score (nSPS) is 19.6. The maximum Gasteiger partial charge on any atom is 0.0682 e. The number of aryl methyl sites for hydroxylation is 2. The van der Waals surface area contributed by atoms with E-state index in [1.165, 1.54) is 28.8 Å². The first-order valence-electron chi connectivity index (χ1n) is 8.10. The van der Waals surface area contributed by atoms with E-state index in [1.807, 2.05) is 17.9 Å². The molecule has 2 heterocycles. The molecule has 0 spiro atoms. The molecule has 4 nitrogen and oxygen atoms in total. The van der Waals surface area contributed by atoms with E-state index in [0.29, 0.717) is 12.0 Å². The summed E-state index contributed by atoms with van der Waals surface area (Å²) in [5.41, 5.74) is 11.2. The number of halogens is 1. The Morgan fingerprint density at radius 3 is 2.74 bits per heavy atom. The zero-order valence-electron chi connectivity index (χ0n) is 14.2. The van der Waals surface area contributed by atoms with Crippen LogP contribution in [0.5, 0.6) is 0 Å². The van der Waals surface area contributed by atoms with Gasteiger partial charge in [-0.05, 0) is 50.4 Å². The average molecular weight is 335 g/mol. The first-order chi connectivity index (χ1) is 10.5. The summed E-state index contributed by atoms with van der Waals surface area (Å²) < 4.78 is 1.95. The van der Waals surface area contributed by atoms with E-state index in [-0.39, 0.29) is 12.4 Å².